The van der Waals surface area contributed by atoms with Gasteiger partial charge in [0, 0.05) is 12.6 Å². The summed E-state index contributed by atoms with van der Waals surface area (Å²) in [6.45, 7) is 2.31. The Kier molecular flexibility index (Phi) is 3.48. The van der Waals surface area contributed by atoms with E-state index in [0.717, 1.165) is 0 Å². The molecule has 0 aromatic carbocycles. The lowest BCUT2D eigenvalue weighted by Gasteiger charge is -2.06. The topological polar surface area (TPSA) is 87.6 Å². The third-order valence-electron chi connectivity index (χ3n) is 1.52. The summed E-state index contributed by atoms with van der Waals surface area (Å²) in [5.41, 5.74) is 5.39. The summed E-state index contributed by atoms with van der Waals surface area (Å²) in [7, 11) is 0. The lowest BCUT2D eigenvalue weighted by Crippen LogP contribution is -2.11. The lowest BCUT2D eigenvalue weighted by atomic mass is 10.2. The Morgan fingerprint density at radius 3 is 3.00 bits per heavy atom. The molecule has 0 amide bonds. The molecule has 1 aromatic rings. The van der Waals surface area contributed by atoms with Gasteiger partial charge in [-0.2, -0.15) is 10.2 Å². The van der Waals surface area contributed by atoms with Crippen LogP contribution in [0.25, 0.3) is 0 Å². The van der Waals surface area contributed by atoms with Crippen LogP contribution in [-0.2, 0) is 0 Å². The molecule has 1 heterocycles. The minimum absolute atomic E-state index is 0.0926. The number of hydrogen-bond donors (Lipinski definition) is 2. The highest BCUT2D eigenvalue weighted by Crippen LogP contribution is 2.12. The fraction of sp³-hybridized carbons (Fsp3) is 0.375. The summed E-state index contributed by atoms with van der Waals surface area (Å²) < 4.78 is 0. The van der Waals surface area contributed by atoms with Crippen LogP contribution in [0.15, 0.2) is 6.07 Å². The quantitative estimate of drug-likeness (QED) is 0.736. The molecule has 0 fully saturated rings. The van der Waals surface area contributed by atoms with Crippen LogP contribution in [0, 0.1) is 17.2 Å². The van der Waals surface area contributed by atoms with E-state index in [-0.39, 0.29) is 17.0 Å². The number of nitrogens with one attached hydrogen (secondary N) is 1. The molecular weight excluding hydrogens is 202 g/mol. The van der Waals surface area contributed by atoms with Crippen molar-refractivity contribution in [2.75, 3.05) is 17.6 Å². The van der Waals surface area contributed by atoms with E-state index >= 15 is 0 Å². The first-order chi connectivity index (χ1) is 6.61. The van der Waals surface area contributed by atoms with Crippen LogP contribution in [0.1, 0.15) is 6.92 Å². The first-order valence-electron chi connectivity index (χ1n) is 4.05. The first-order valence-corrected chi connectivity index (χ1v) is 4.43. The van der Waals surface area contributed by atoms with Crippen LogP contribution >= 0.6 is 11.6 Å². The normalized spacial score (nSPS) is 11.8. The smallest absolute Gasteiger partial charge is 0.223 e. The highest BCUT2D eigenvalue weighted by Gasteiger charge is 2.02. The lowest BCUT2D eigenvalue weighted by molar-refractivity contribution is 0.783. The zero-order chi connectivity index (χ0) is 10.6. The SMILES string of the molecule is C[C@H](C#N)CNc1cc(Cl)nc(N)n1. The van der Waals surface area contributed by atoms with E-state index < -0.39 is 0 Å². The van der Waals surface area contributed by atoms with Gasteiger partial charge in [0.05, 0.1) is 12.0 Å². The zero-order valence-electron chi connectivity index (χ0n) is 7.66. The van der Waals surface area contributed by atoms with Crippen molar-refractivity contribution in [3.05, 3.63) is 11.2 Å². The fourth-order valence-corrected chi connectivity index (χ4v) is 1.02. The van der Waals surface area contributed by atoms with Crippen molar-refractivity contribution in [2.24, 2.45) is 5.92 Å². The molecule has 0 aliphatic rings. The van der Waals surface area contributed by atoms with E-state index in [1.165, 1.54) is 0 Å². The molecule has 1 rings (SSSR count). The number of nitrogens with two attached hydrogens (primary N) is 1. The van der Waals surface area contributed by atoms with Crippen LogP contribution in [0.3, 0.4) is 0 Å². The number of halogens is 1. The molecule has 14 heavy (non-hydrogen) atoms. The predicted octanol–water partition coefficient (Wildman–Crippen LogP) is 1.28. The Labute approximate surface area is 86.9 Å². The number of nitriles is 1. The van der Waals surface area contributed by atoms with Crippen molar-refractivity contribution >= 4 is 23.4 Å². The van der Waals surface area contributed by atoms with Gasteiger partial charge in [0.2, 0.25) is 5.95 Å². The second kappa shape index (κ2) is 4.63. The van der Waals surface area contributed by atoms with Gasteiger partial charge in [0.1, 0.15) is 11.0 Å². The highest BCUT2D eigenvalue weighted by molar-refractivity contribution is 6.29. The Bertz CT molecular complexity index is 339. The number of rotatable bonds is 3. The summed E-state index contributed by atoms with van der Waals surface area (Å²) >= 11 is 5.66. The van der Waals surface area contributed by atoms with Gasteiger partial charge in [-0.1, -0.05) is 11.6 Å². The number of aromatic nitrogens is 2. The minimum atomic E-state index is -0.0926. The van der Waals surface area contributed by atoms with Gasteiger partial charge < -0.3 is 11.1 Å². The molecule has 74 valence electrons. The van der Waals surface area contributed by atoms with E-state index in [4.69, 9.17) is 22.6 Å². The van der Waals surface area contributed by atoms with E-state index in [1.54, 1.807) is 13.0 Å². The maximum atomic E-state index is 8.55. The maximum Gasteiger partial charge on any atom is 0.223 e. The number of nitrogens with zero attached hydrogens (tertiary/aromatic N) is 3. The molecule has 0 aliphatic carbocycles. The average molecular weight is 212 g/mol. The number of nitrogen functional groups attached to an aromatic ring is 1. The van der Waals surface area contributed by atoms with Crippen LogP contribution < -0.4 is 11.1 Å². The van der Waals surface area contributed by atoms with Gasteiger partial charge >= 0.3 is 0 Å². The van der Waals surface area contributed by atoms with Gasteiger partial charge in [-0.15, -0.1) is 0 Å². The molecule has 0 bridgehead atoms. The van der Waals surface area contributed by atoms with E-state index in [1.807, 2.05) is 0 Å². The van der Waals surface area contributed by atoms with Crippen molar-refractivity contribution < 1.29 is 0 Å². The second-order valence-electron chi connectivity index (χ2n) is 2.85. The Morgan fingerprint density at radius 1 is 1.71 bits per heavy atom. The molecular formula is C8H10ClN5. The van der Waals surface area contributed by atoms with Crippen molar-refractivity contribution in [3.63, 3.8) is 0 Å². The summed E-state index contributed by atoms with van der Waals surface area (Å²) in [6.07, 6.45) is 0. The molecule has 0 aliphatic heterocycles. The second-order valence-corrected chi connectivity index (χ2v) is 3.23. The molecule has 0 spiro atoms. The molecule has 3 N–H and O–H groups in total. The van der Waals surface area contributed by atoms with Crippen LogP contribution in [0.4, 0.5) is 11.8 Å². The van der Waals surface area contributed by atoms with Crippen molar-refractivity contribution in [1.82, 2.24) is 9.97 Å². The van der Waals surface area contributed by atoms with Gasteiger partial charge in [-0.3, -0.25) is 0 Å². The van der Waals surface area contributed by atoms with Crippen molar-refractivity contribution in [1.29, 1.82) is 5.26 Å². The monoisotopic (exact) mass is 211 g/mol. The summed E-state index contributed by atoms with van der Waals surface area (Å²) in [4.78, 5) is 7.61. The molecule has 6 heteroatoms. The molecule has 0 saturated heterocycles. The largest absolute Gasteiger partial charge is 0.369 e. The molecule has 5 nitrogen and oxygen atoms in total. The Hall–Kier alpha value is -1.54. The Balaban J connectivity index is 2.64. The predicted molar refractivity (Wildman–Crippen MR) is 54.7 cm³/mol. The number of hydrogen-bond acceptors (Lipinski definition) is 5. The van der Waals surface area contributed by atoms with Crippen LogP contribution in [-0.4, -0.2) is 16.5 Å². The van der Waals surface area contributed by atoms with Crippen molar-refractivity contribution in [2.45, 2.75) is 6.92 Å². The van der Waals surface area contributed by atoms with Gasteiger partial charge in [0.25, 0.3) is 0 Å². The maximum absolute atomic E-state index is 8.55. The van der Waals surface area contributed by atoms with E-state index in [0.29, 0.717) is 12.4 Å². The van der Waals surface area contributed by atoms with Gasteiger partial charge in [-0.05, 0) is 6.92 Å². The third kappa shape index (κ3) is 3.07. The van der Waals surface area contributed by atoms with Crippen molar-refractivity contribution in [3.8, 4) is 6.07 Å². The first kappa shape index (κ1) is 10.5. The molecule has 0 saturated carbocycles. The Morgan fingerprint density at radius 2 is 2.43 bits per heavy atom. The highest BCUT2D eigenvalue weighted by atomic mass is 35.5. The summed E-state index contributed by atoms with van der Waals surface area (Å²) in [5.74, 6) is 0.555. The van der Waals surface area contributed by atoms with E-state index in [9.17, 15) is 0 Å². The zero-order valence-corrected chi connectivity index (χ0v) is 8.41. The molecule has 0 unspecified atom stereocenters. The standard InChI is InChI=1S/C8H10ClN5/c1-5(3-10)4-12-7-2-6(9)13-8(11)14-7/h2,5H,4H2,1H3,(H3,11,12,13,14)/t5-/m1/s1. The molecule has 1 atom stereocenters. The molecule has 1 aromatic heterocycles. The van der Waals surface area contributed by atoms with Crippen LogP contribution in [0.2, 0.25) is 5.15 Å². The van der Waals surface area contributed by atoms with Gasteiger partial charge in [-0.25, -0.2) is 4.98 Å². The average Bonchev–Trinajstić information content (AvgIpc) is 2.12. The van der Waals surface area contributed by atoms with Crippen LogP contribution in [0.5, 0.6) is 0 Å². The third-order valence-corrected chi connectivity index (χ3v) is 1.72. The fourth-order valence-electron chi connectivity index (χ4n) is 0.829. The van der Waals surface area contributed by atoms with E-state index in [2.05, 4.69) is 21.4 Å². The minimum Gasteiger partial charge on any atom is -0.369 e. The summed E-state index contributed by atoms with van der Waals surface area (Å²) in [5, 5.41) is 11.8. The molecule has 0 radical (unpaired) electrons. The number of anilines is 2. The summed E-state index contributed by atoms with van der Waals surface area (Å²) in [6, 6.07) is 3.65. The van der Waals surface area contributed by atoms with Gasteiger partial charge in [0.15, 0.2) is 0 Å².